The molecule has 0 saturated carbocycles. The van der Waals surface area contributed by atoms with E-state index in [1.807, 2.05) is 43.3 Å². The van der Waals surface area contributed by atoms with Crippen LogP contribution in [0.15, 0.2) is 48.5 Å². The number of ether oxygens (including phenoxy) is 2. The highest BCUT2D eigenvalue weighted by Crippen LogP contribution is 2.22. The van der Waals surface area contributed by atoms with Gasteiger partial charge in [0.05, 0.1) is 18.1 Å². The molecular formula is C19H23N3O5. The normalized spacial score (nSPS) is 11.7. The summed E-state index contributed by atoms with van der Waals surface area (Å²) in [5, 5.41) is 13.5. The summed E-state index contributed by atoms with van der Waals surface area (Å²) in [5.41, 5.74) is 0.995. The summed E-state index contributed by atoms with van der Waals surface area (Å²) < 4.78 is 10.6. The van der Waals surface area contributed by atoms with Crippen LogP contribution >= 0.6 is 0 Å². The molecule has 1 unspecified atom stereocenters. The molecule has 0 fully saturated rings. The van der Waals surface area contributed by atoms with Gasteiger partial charge in [0, 0.05) is 18.7 Å². The van der Waals surface area contributed by atoms with Crippen molar-refractivity contribution in [3.8, 4) is 11.5 Å². The first-order valence-electron chi connectivity index (χ1n) is 8.35. The van der Waals surface area contributed by atoms with Crippen LogP contribution in [0.4, 0.5) is 5.69 Å². The van der Waals surface area contributed by atoms with Gasteiger partial charge < -0.3 is 19.7 Å². The zero-order chi connectivity index (χ0) is 19.8. The molecule has 2 aromatic carbocycles. The maximum atomic E-state index is 12.1. The van der Waals surface area contributed by atoms with Crippen LogP contribution < -0.4 is 14.8 Å². The van der Waals surface area contributed by atoms with E-state index in [0.717, 1.165) is 11.3 Å². The van der Waals surface area contributed by atoms with E-state index in [0.29, 0.717) is 12.3 Å². The van der Waals surface area contributed by atoms with Gasteiger partial charge in [0.25, 0.3) is 11.6 Å². The Balaban J connectivity index is 1.89. The van der Waals surface area contributed by atoms with Crippen molar-refractivity contribution in [1.82, 2.24) is 10.2 Å². The molecule has 1 N–H and O–H groups in total. The Labute approximate surface area is 157 Å². The first-order chi connectivity index (χ1) is 12.9. The third-order valence-electron chi connectivity index (χ3n) is 4.01. The second-order valence-electron chi connectivity index (χ2n) is 6.10. The van der Waals surface area contributed by atoms with Crippen LogP contribution in [-0.4, -0.2) is 50.1 Å². The molecule has 0 aliphatic heterocycles. The first kappa shape index (κ1) is 20.2. The molecule has 0 aliphatic rings. The fourth-order valence-electron chi connectivity index (χ4n) is 2.52. The third-order valence-corrected chi connectivity index (χ3v) is 4.01. The highest BCUT2D eigenvalue weighted by molar-refractivity contribution is 5.77. The van der Waals surface area contributed by atoms with E-state index < -0.39 is 4.92 Å². The summed E-state index contributed by atoms with van der Waals surface area (Å²) in [6.07, 6.45) is 0. The second-order valence-corrected chi connectivity index (χ2v) is 6.10. The zero-order valence-corrected chi connectivity index (χ0v) is 15.5. The van der Waals surface area contributed by atoms with E-state index >= 15 is 0 Å². The highest BCUT2D eigenvalue weighted by Gasteiger charge is 2.16. The number of benzene rings is 2. The summed E-state index contributed by atoms with van der Waals surface area (Å²) in [5.74, 6) is 0.878. The molecule has 0 heterocycles. The average Bonchev–Trinajstić information content (AvgIpc) is 2.66. The number of amides is 1. The third kappa shape index (κ3) is 5.96. The topological polar surface area (TPSA) is 93.9 Å². The summed E-state index contributed by atoms with van der Waals surface area (Å²) in [6, 6.07) is 13.3. The number of nitrogens with one attached hydrogen (secondary N) is 1. The molecule has 0 bridgehead atoms. The fraction of sp³-hybridized carbons (Fsp3) is 0.316. The molecule has 1 atom stereocenters. The predicted octanol–water partition coefficient (Wildman–Crippen LogP) is 2.40. The van der Waals surface area contributed by atoms with Gasteiger partial charge in [0.1, 0.15) is 11.5 Å². The minimum atomic E-state index is -0.490. The molecule has 8 nitrogen and oxygen atoms in total. The Kier molecular flexibility index (Phi) is 7.13. The van der Waals surface area contributed by atoms with Crippen molar-refractivity contribution in [2.75, 3.05) is 34.4 Å². The van der Waals surface area contributed by atoms with Gasteiger partial charge in [-0.1, -0.05) is 12.1 Å². The minimum absolute atomic E-state index is 0.0246. The molecule has 144 valence electrons. The van der Waals surface area contributed by atoms with E-state index in [4.69, 9.17) is 9.47 Å². The lowest BCUT2D eigenvalue weighted by molar-refractivity contribution is -0.384. The van der Waals surface area contributed by atoms with E-state index in [2.05, 4.69) is 5.32 Å². The monoisotopic (exact) mass is 373 g/mol. The smallest absolute Gasteiger partial charge is 0.269 e. The van der Waals surface area contributed by atoms with E-state index in [-0.39, 0.29) is 24.2 Å². The van der Waals surface area contributed by atoms with Gasteiger partial charge in [0.2, 0.25) is 0 Å². The standard InChI is InChI=1S/C19H23N3O5/c1-21(2)18(14-5-4-6-17(11-14)26-3)12-20-19(23)13-27-16-9-7-15(8-10-16)22(24)25/h4-11,18H,12-13H2,1-3H3,(H,20,23). The van der Waals surface area contributed by atoms with Gasteiger partial charge in [-0.2, -0.15) is 0 Å². The van der Waals surface area contributed by atoms with E-state index in [1.54, 1.807) is 7.11 Å². The van der Waals surface area contributed by atoms with Gasteiger partial charge in [-0.3, -0.25) is 14.9 Å². The predicted molar refractivity (Wildman–Crippen MR) is 101 cm³/mol. The first-order valence-corrected chi connectivity index (χ1v) is 8.35. The van der Waals surface area contributed by atoms with Crippen LogP contribution in [0.5, 0.6) is 11.5 Å². The maximum Gasteiger partial charge on any atom is 0.269 e. The van der Waals surface area contributed by atoms with Crippen LogP contribution in [0.3, 0.4) is 0 Å². The number of nitrogens with zero attached hydrogens (tertiary/aromatic N) is 2. The number of hydrogen-bond donors (Lipinski definition) is 1. The largest absolute Gasteiger partial charge is 0.497 e. The highest BCUT2D eigenvalue weighted by atomic mass is 16.6. The van der Waals surface area contributed by atoms with Crippen LogP contribution in [0.2, 0.25) is 0 Å². The van der Waals surface area contributed by atoms with Crippen LogP contribution in [0, 0.1) is 10.1 Å². The maximum absolute atomic E-state index is 12.1. The van der Waals surface area contributed by atoms with Crippen LogP contribution in [0.1, 0.15) is 11.6 Å². The molecule has 8 heteroatoms. The van der Waals surface area contributed by atoms with Crippen molar-refractivity contribution in [1.29, 1.82) is 0 Å². The number of hydrogen-bond acceptors (Lipinski definition) is 6. The number of carbonyl (C=O) groups excluding carboxylic acids is 1. The van der Waals surface area contributed by atoms with Crippen molar-refractivity contribution < 1.29 is 19.2 Å². The number of nitro benzene ring substituents is 1. The molecule has 2 aromatic rings. The Morgan fingerprint density at radius 3 is 2.48 bits per heavy atom. The van der Waals surface area contributed by atoms with Crippen molar-refractivity contribution in [3.05, 3.63) is 64.2 Å². The van der Waals surface area contributed by atoms with Crippen LogP contribution in [-0.2, 0) is 4.79 Å². The van der Waals surface area contributed by atoms with Crippen molar-refractivity contribution in [2.45, 2.75) is 6.04 Å². The summed E-state index contributed by atoms with van der Waals surface area (Å²) in [7, 11) is 5.48. The van der Waals surface area contributed by atoms with E-state index in [9.17, 15) is 14.9 Å². The fourth-order valence-corrected chi connectivity index (χ4v) is 2.52. The molecule has 0 aliphatic carbocycles. The number of non-ortho nitro benzene ring substituents is 1. The Hall–Kier alpha value is -3.13. The molecule has 0 aromatic heterocycles. The molecule has 2 rings (SSSR count). The quantitative estimate of drug-likeness (QED) is 0.536. The average molecular weight is 373 g/mol. The van der Waals surface area contributed by atoms with Crippen molar-refractivity contribution >= 4 is 11.6 Å². The SMILES string of the molecule is COc1cccc(C(CNC(=O)COc2ccc([N+](=O)[O-])cc2)N(C)C)c1. The second kappa shape index (κ2) is 9.54. The summed E-state index contributed by atoms with van der Waals surface area (Å²) in [6.45, 7) is 0.235. The molecule has 27 heavy (non-hydrogen) atoms. The molecule has 0 spiro atoms. The van der Waals surface area contributed by atoms with Gasteiger partial charge in [-0.25, -0.2) is 0 Å². The molecular weight excluding hydrogens is 350 g/mol. The number of nitro groups is 1. The molecule has 0 radical (unpaired) electrons. The lowest BCUT2D eigenvalue weighted by atomic mass is 10.1. The van der Waals surface area contributed by atoms with Crippen LogP contribution in [0.25, 0.3) is 0 Å². The van der Waals surface area contributed by atoms with Gasteiger partial charge in [-0.15, -0.1) is 0 Å². The number of rotatable bonds is 9. The minimum Gasteiger partial charge on any atom is -0.497 e. The Morgan fingerprint density at radius 2 is 1.89 bits per heavy atom. The molecule has 0 saturated heterocycles. The number of likely N-dealkylation sites (N-methyl/N-ethyl adjacent to an activating group) is 1. The molecule has 1 amide bonds. The van der Waals surface area contributed by atoms with Crippen molar-refractivity contribution in [3.63, 3.8) is 0 Å². The van der Waals surface area contributed by atoms with Gasteiger partial charge in [0.15, 0.2) is 6.61 Å². The van der Waals surface area contributed by atoms with Gasteiger partial charge >= 0.3 is 0 Å². The Morgan fingerprint density at radius 1 is 1.19 bits per heavy atom. The van der Waals surface area contributed by atoms with Gasteiger partial charge in [-0.05, 0) is 43.9 Å². The zero-order valence-electron chi connectivity index (χ0n) is 15.5. The number of methoxy groups -OCH3 is 1. The number of carbonyl (C=O) groups is 1. The van der Waals surface area contributed by atoms with E-state index in [1.165, 1.54) is 24.3 Å². The lowest BCUT2D eigenvalue weighted by Gasteiger charge is -2.25. The Bertz CT molecular complexity index is 777. The summed E-state index contributed by atoms with van der Waals surface area (Å²) in [4.78, 5) is 24.2. The van der Waals surface area contributed by atoms with Crippen molar-refractivity contribution in [2.24, 2.45) is 0 Å². The summed E-state index contributed by atoms with van der Waals surface area (Å²) >= 11 is 0. The lowest BCUT2D eigenvalue weighted by Crippen LogP contribution is -2.36.